The van der Waals surface area contributed by atoms with Crippen molar-refractivity contribution in [3.05, 3.63) is 239 Å². The van der Waals surface area contributed by atoms with Gasteiger partial charge in [0.1, 0.15) is 52.9 Å². The Kier molecular flexibility index (Phi) is 20.7. The van der Waals surface area contributed by atoms with E-state index in [1.807, 2.05) is 182 Å². The van der Waals surface area contributed by atoms with Crippen LogP contribution in [0.1, 0.15) is 70.8 Å². The van der Waals surface area contributed by atoms with Crippen LogP contribution < -0.4 is 5.73 Å². The predicted octanol–water partition coefficient (Wildman–Crippen LogP) is 12.4. The zero-order valence-corrected chi connectivity index (χ0v) is 51.7. The van der Waals surface area contributed by atoms with E-state index in [9.17, 15) is 0 Å². The predicted molar refractivity (Wildman–Crippen MR) is 338 cm³/mol. The second kappa shape index (κ2) is 29.3. The molecule has 0 aliphatic carbocycles. The number of rotatable bonds is 25. The number of benzene rings is 6. The van der Waals surface area contributed by atoms with Gasteiger partial charge in [-0.2, -0.15) is 0 Å². The van der Waals surface area contributed by atoms with E-state index in [-0.39, 0.29) is 0 Å². The van der Waals surface area contributed by atoms with Gasteiger partial charge in [-0.25, -0.2) is 29.0 Å². The smallest absolute Gasteiger partial charge is 0.209 e. The van der Waals surface area contributed by atoms with E-state index in [1.165, 1.54) is 23.5 Å². The zero-order chi connectivity index (χ0) is 60.0. The van der Waals surface area contributed by atoms with Crippen LogP contribution in [0.3, 0.4) is 0 Å². The first-order valence-corrected chi connectivity index (χ1v) is 32.4. The summed E-state index contributed by atoms with van der Waals surface area (Å²) in [7, 11) is 0. The Balaban J connectivity index is 0.000000180. The lowest BCUT2D eigenvalue weighted by Crippen LogP contribution is -2.47. The molecule has 2 fully saturated rings. The van der Waals surface area contributed by atoms with Gasteiger partial charge in [0.25, 0.3) is 0 Å². The lowest BCUT2D eigenvalue weighted by molar-refractivity contribution is -0.148. The molecule has 0 radical (unpaired) electrons. The Morgan fingerprint density at radius 2 is 0.793 bits per heavy atom. The topological polar surface area (TPSA) is 186 Å². The molecule has 17 nitrogen and oxygen atoms in total. The van der Waals surface area contributed by atoms with Crippen LogP contribution in [-0.4, -0.2) is 107 Å². The highest BCUT2D eigenvalue weighted by atomic mass is 32.2. The molecule has 4 aromatic heterocycles. The van der Waals surface area contributed by atoms with E-state index >= 15 is 0 Å². The maximum absolute atomic E-state index is 6.89. The minimum atomic E-state index is -0.944. The van der Waals surface area contributed by atoms with Gasteiger partial charge in [-0.1, -0.05) is 206 Å². The van der Waals surface area contributed by atoms with Gasteiger partial charge in [-0.05, 0) is 66.0 Å². The Bertz CT molecular complexity index is 3760. The molecule has 2 aliphatic rings. The molecule has 20 heteroatoms. The van der Waals surface area contributed by atoms with Gasteiger partial charge in [0, 0.05) is 0 Å². The fourth-order valence-electron chi connectivity index (χ4n) is 10.9. The molecule has 87 heavy (non-hydrogen) atoms. The number of nitrogen functional groups attached to an aromatic ring is 1. The van der Waals surface area contributed by atoms with E-state index in [0.717, 1.165) is 44.1 Å². The SMILES string of the molecule is CSc1nc(N)c2ncc(C3O[C@H](COCc4ccccc4)[C@@H](OCc4ccccc4)[C@@]3(C)OCc3ccccc3)n2n1.CSc1nc(SC)c2ncc(C3O[C@H](COCc4ccccc4)[C@@H](OCc4ccccc4)[C@@]3(C)OCc3ccccc3)n2n1. The molecular formula is C67H71N9O8S3. The molecule has 2 saturated heterocycles. The summed E-state index contributed by atoms with van der Waals surface area (Å²) < 4.78 is 56.9. The molecule has 0 spiro atoms. The second-order valence-corrected chi connectivity index (χ2v) is 23.7. The normalized spacial score (nSPS) is 21.8. The third kappa shape index (κ3) is 14.6. The molecule has 0 saturated carbocycles. The first-order chi connectivity index (χ1) is 42.6. The fraction of sp³-hybridized carbons (Fsp3) is 0.313. The number of hydrogen-bond acceptors (Lipinski definition) is 18. The second-order valence-electron chi connectivity index (χ2n) is 21.4. The van der Waals surface area contributed by atoms with Crippen molar-refractivity contribution in [2.45, 2.75) is 117 Å². The average molecular weight is 1230 g/mol. The molecule has 2 unspecified atom stereocenters. The van der Waals surface area contributed by atoms with E-state index in [1.54, 1.807) is 22.5 Å². The number of fused-ring (bicyclic) bond motifs is 2. The number of aromatic nitrogens is 8. The maximum Gasteiger partial charge on any atom is 0.209 e. The summed E-state index contributed by atoms with van der Waals surface area (Å²) in [6.07, 6.45) is 6.48. The highest BCUT2D eigenvalue weighted by molar-refractivity contribution is 7.99. The van der Waals surface area contributed by atoms with Gasteiger partial charge in [0.2, 0.25) is 10.3 Å². The fourth-order valence-corrected chi connectivity index (χ4v) is 12.2. The van der Waals surface area contributed by atoms with Crippen molar-refractivity contribution in [1.29, 1.82) is 0 Å². The summed E-state index contributed by atoms with van der Waals surface area (Å²) in [5.74, 6) is 0.301. The highest BCUT2D eigenvalue weighted by Crippen LogP contribution is 2.49. The molecule has 12 rings (SSSR count). The number of imidazole rings is 2. The minimum absolute atomic E-state index is 0.301. The van der Waals surface area contributed by atoms with Gasteiger partial charge in [0.05, 0.1) is 76.6 Å². The summed E-state index contributed by atoms with van der Waals surface area (Å²) in [6.45, 7) is 7.20. The molecule has 2 N–H and O–H groups in total. The van der Waals surface area contributed by atoms with Gasteiger partial charge < -0.3 is 43.6 Å². The van der Waals surface area contributed by atoms with Crippen LogP contribution in [0.2, 0.25) is 0 Å². The third-order valence-corrected chi connectivity index (χ3v) is 17.2. The Morgan fingerprint density at radius 1 is 0.448 bits per heavy atom. The molecule has 8 atom stereocenters. The van der Waals surface area contributed by atoms with Crippen LogP contribution in [0.4, 0.5) is 5.82 Å². The molecule has 450 valence electrons. The van der Waals surface area contributed by atoms with Crippen molar-refractivity contribution < 1.29 is 37.9 Å². The van der Waals surface area contributed by atoms with Crippen molar-refractivity contribution in [1.82, 2.24) is 39.2 Å². The average Bonchev–Trinajstić information content (AvgIpc) is 1.69. The van der Waals surface area contributed by atoms with Crippen molar-refractivity contribution >= 4 is 52.4 Å². The lowest BCUT2D eigenvalue weighted by Gasteiger charge is -2.35. The Labute approximate surface area is 520 Å². The van der Waals surface area contributed by atoms with Crippen LogP contribution in [0, 0.1) is 0 Å². The summed E-state index contributed by atoms with van der Waals surface area (Å²) in [4.78, 5) is 18.3. The summed E-state index contributed by atoms with van der Waals surface area (Å²) in [5, 5.41) is 11.5. The minimum Gasteiger partial charge on any atom is -0.380 e. The van der Waals surface area contributed by atoms with E-state index < -0.39 is 47.8 Å². The van der Waals surface area contributed by atoms with Gasteiger partial charge >= 0.3 is 0 Å². The van der Waals surface area contributed by atoms with E-state index in [2.05, 4.69) is 58.3 Å². The summed E-state index contributed by atoms with van der Waals surface area (Å²) >= 11 is 4.44. The highest BCUT2D eigenvalue weighted by Gasteiger charge is 2.59. The monoisotopic (exact) mass is 1230 g/mol. The molecule has 6 heterocycles. The lowest BCUT2D eigenvalue weighted by atomic mass is 9.90. The van der Waals surface area contributed by atoms with E-state index in [4.69, 9.17) is 58.8 Å². The van der Waals surface area contributed by atoms with Crippen LogP contribution in [0.5, 0.6) is 0 Å². The number of hydrogen-bond donors (Lipinski definition) is 1. The molecule has 0 bridgehead atoms. The number of nitrogens with two attached hydrogens (primary N) is 1. The summed E-state index contributed by atoms with van der Waals surface area (Å²) in [6, 6.07) is 60.7. The van der Waals surface area contributed by atoms with Crippen LogP contribution in [0.25, 0.3) is 11.3 Å². The molecule has 2 aliphatic heterocycles. The zero-order valence-electron chi connectivity index (χ0n) is 49.2. The molecule has 0 amide bonds. The van der Waals surface area contributed by atoms with Gasteiger partial charge in [0.15, 0.2) is 17.1 Å². The molecule has 6 aromatic carbocycles. The number of nitrogens with zero attached hydrogens (tertiary/aromatic N) is 8. The van der Waals surface area contributed by atoms with Crippen LogP contribution in [-0.2, 0) is 77.5 Å². The van der Waals surface area contributed by atoms with Crippen molar-refractivity contribution in [2.75, 3.05) is 37.7 Å². The van der Waals surface area contributed by atoms with Crippen molar-refractivity contribution in [2.24, 2.45) is 0 Å². The number of thioether (sulfide) groups is 3. The van der Waals surface area contributed by atoms with Crippen molar-refractivity contribution in [3.8, 4) is 0 Å². The Hall–Kier alpha value is -7.05. The third-order valence-electron chi connectivity index (χ3n) is 15.4. The van der Waals surface area contributed by atoms with Crippen LogP contribution in [0.15, 0.2) is 210 Å². The summed E-state index contributed by atoms with van der Waals surface area (Å²) in [5.41, 5.74) is 13.5. The quantitative estimate of drug-likeness (QED) is 0.0532. The Morgan fingerprint density at radius 3 is 1.17 bits per heavy atom. The van der Waals surface area contributed by atoms with Crippen LogP contribution >= 0.6 is 35.3 Å². The first-order valence-electron chi connectivity index (χ1n) is 28.7. The van der Waals surface area contributed by atoms with Gasteiger partial charge in [-0.3, -0.25) is 0 Å². The largest absolute Gasteiger partial charge is 0.380 e. The number of anilines is 1. The standard InChI is InChI=1S/C34H36N4O4S2.C33H35N5O4S/c1-34(41-22-26-17-11-6-12-18-26)29(27-19-35-31-32(43-2)36-33(44-3)37-38(27)31)42-28(23-39-20-24-13-7-4-8-14-24)30(34)40-21-25-15-9-5-10-16-25;1-33(41-21-25-16-10-5-11-17-25)28(26-18-35-31-30(34)36-32(43-2)37-38(26)31)42-27(22-39-19-23-12-6-3-7-13-23)29(33)40-20-24-14-8-4-9-15-24/h4-19,28-30H,20-23H2,1-3H3;3-18,27-29H,19-22H2,1-2H3,(H2,34,36,37)/t28-,29?,30-,34+;27-,28?,29-,33+/m11/s1. The van der Waals surface area contributed by atoms with E-state index in [0.29, 0.717) is 86.0 Å². The molecule has 10 aromatic rings. The maximum atomic E-state index is 6.89. The molecular weight excluding hydrogens is 1150 g/mol. The van der Waals surface area contributed by atoms with Crippen molar-refractivity contribution in [3.63, 3.8) is 0 Å². The first kappa shape index (κ1) is 61.6. The number of ether oxygens (including phenoxy) is 8. The van der Waals surface area contributed by atoms with Gasteiger partial charge in [-0.15, -0.1) is 22.0 Å².